The van der Waals surface area contributed by atoms with Gasteiger partial charge in [0.15, 0.2) is 0 Å². The number of pyridine rings is 1. The summed E-state index contributed by atoms with van der Waals surface area (Å²) in [7, 11) is 0. The molecule has 0 aliphatic carbocycles. The maximum Gasteiger partial charge on any atom is 0.257 e. The first-order chi connectivity index (χ1) is 9.97. The summed E-state index contributed by atoms with van der Waals surface area (Å²) in [6.07, 6.45) is 2.18. The molecule has 116 valence electrons. The smallest absolute Gasteiger partial charge is 0.257 e. The average molecular weight is 314 g/mol. The van der Waals surface area contributed by atoms with E-state index in [0.717, 1.165) is 38.3 Å². The normalized spacial score (nSPS) is 16.5. The third kappa shape index (κ3) is 4.38. The number of aromatic nitrogens is 1. The fourth-order valence-corrected chi connectivity index (χ4v) is 2.54. The Morgan fingerprint density at radius 1 is 1.38 bits per heavy atom. The van der Waals surface area contributed by atoms with E-state index in [2.05, 4.69) is 23.7 Å². The van der Waals surface area contributed by atoms with Crippen LogP contribution in [0.15, 0.2) is 12.3 Å². The van der Waals surface area contributed by atoms with Crippen LogP contribution in [0.2, 0.25) is 5.15 Å². The fourth-order valence-electron chi connectivity index (χ4n) is 2.36. The highest BCUT2D eigenvalue weighted by atomic mass is 35.5. The number of carbonyl (C=O) groups excluding carboxylic acids is 1. The van der Waals surface area contributed by atoms with Gasteiger partial charge in [0.1, 0.15) is 11.0 Å². The van der Waals surface area contributed by atoms with Crippen molar-refractivity contribution in [2.75, 3.05) is 32.7 Å². The van der Waals surface area contributed by atoms with Crippen molar-refractivity contribution in [1.82, 2.24) is 14.8 Å². The molecular weight excluding hydrogens is 293 g/mol. The van der Waals surface area contributed by atoms with Gasteiger partial charge >= 0.3 is 0 Å². The molecule has 6 heteroatoms. The molecule has 1 aromatic heterocycles. The molecule has 0 aromatic carbocycles. The summed E-state index contributed by atoms with van der Waals surface area (Å²) in [5, 5.41) is 0.0589. The molecule has 0 spiro atoms. The van der Waals surface area contributed by atoms with Crippen LogP contribution in [-0.4, -0.2) is 53.4 Å². The van der Waals surface area contributed by atoms with Crippen molar-refractivity contribution >= 4 is 17.5 Å². The minimum atomic E-state index is -0.543. The molecule has 0 radical (unpaired) electrons. The van der Waals surface area contributed by atoms with E-state index in [-0.39, 0.29) is 16.6 Å². The van der Waals surface area contributed by atoms with Crippen LogP contribution < -0.4 is 0 Å². The molecule has 0 saturated carbocycles. The van der Waals surface area contributed by atoms with E-state index in [4.69, 9.17) is 11.6 Å². The number of hydrogen-bond acceptors (Lipinski definition) is 3. The molecule has 21 heavy (non-hydrogen) atoms. The first-order valence-electron chi connectivity index (χ1n) is 7.30. The lowest BCUT2D eigenvalue weighted by atomic mass is 10.1. The maximum atomic E-state index is 13.2. The van der Waals surface area contributed by atoms with Gasteiger partial charge in [0.2, 0.25) is 0 Å². The Morgan fingerprint density at radius 3 is 2.67 bits per heavy atom. The second-order valence-corrected chi connectivity index (χ2v) is 6.17. The van der Waals surface area contributed by atoms with E-state index in [1.54, 1.807) is 4.90 Å². The van der Waals surface area contributed by atoms with Crippen LogP contribution in [0.4, 0.5) is 4.39 Å². The zero-order chi connectivity index (χ0) is 15.4. The van der Waals surface area contributed by atoms with Gasteiger partial charge in [-0.2, -0.15) is 0 Å². The zero-order valence-electron chi connectivity index (χ0n) is 12.5. The Morgan fingerprint density at radius 2 is 2.05 bits per heavy atom. The lowest BCUT2D eigenvalue weighted by Gasteiger charge is -2.35. The number of rotatable bonds is 4. The molecule has 1 saturated heterocycles. The molecule has 0 N–H and O–H groups in total. The Bertz CT molecular complexity index is 502. The van der Waals surface area contributed by atoms with Gasteiger partial charge in [-0.3, -0.25) is 9.69 Å². The van der Waals surface area contributed by atoms with E-state index >= 15 is 0 Å². The summed E-state index contributed by atoms with van der Waals surface area (Å²) < 4.78 is 13.2. The molecule has 1 aliphatic heterocycles. The summed E-state index contributed by atoms with van der Waals surface area (Å²) in [5.41, 5.74) is 0.146. The predicted octanol–water partition coefficient (Wildman–Crippen LogP) is 2.68. The summed E-state index contributed by atoms with van der Waals surface area (Å²) in [4.78, 5) is 20.1. The van der Waals surface area contributed by atoms with Crippen LogP contribution in [0.5, 0.6) is 0 Å². The molecule has 0 bridgehead atoms. The van der Waals surface area contributed by atoms with Gasteiger partial charge in [0.05, 0.1) is 11.8 Å². The molecule has 1 aromatic rings. The number of nitrogens with zero attached hydrogens (tertiary/aromatic N) is 3. The standard InChI is InChI=1S/C15H21ClFN3O/c1-11(2)3-4-19-5-7-20(8-6-19)15(21)13-9-12(17)10-18-14(13)16/h9-11H,3-8H2,1-2H3. The second kappa shape index (κ2) is 7.18. The van der Waals surface area contributed by atoms with Gasteiger partial charge in [-0.05, 0) is 24.9 Å². The lowest BCUT2D eigenvalue weighted by Crippen LogP contribution is -2.49. The molecule has 2 heterocycles. The van der Waals surface area contributed by atoms with E-state index in [1.807, 2.05) is 0 Å². The van der Waals surface area contributed by atoms with Crippen LogP contribution >= 0.6 is 11.6 Å². The molecule has 0 unspecified atom stereocenters. The molecule has 1 fully saturated rings. The van der Waals surface area contributed by atoms with E-state index in [1.165, 1.54) is 0 Å². The van der Waals surface area contributed by atoms with Crippen molar-refractivity contribution < 1.29 is 9.18 Å². The van der Waals surface area contributed by atoms with E-state index < -0.39 is 5.82 Å². The molecule has 0 atom stereocenters. The molecule has 2 rings (SSSR count). The third-order valence-electron chi connectivity index (χ3n) is 3.72. The van der Waals surface area contributed by atoms with Crippen LogP contribution in [0.1, 0.15) is 30.6 Å². The largest absolute Gasteiger partial charge is 0.336 e. The maximum absolute atomic E-state index is 13.2. The SMILES string of the molecule is CC(C)CCN1CCN(C(=O)c2cc(F)cnc2Cl)CC1. The zero-order valence-corrected chi connectivity index (χ0v) is 13.2. The molecular formula is C15H21ClFN3O. The minimum Gasteiger partial charge on any atom is -0.336 e. The Labute approximate surface area is 129 Å². The first kappa shape index (κ1) is 16.2. The molecule has 1 aliphatic rings. The topological polar surface area (TPSA) is 36.4 Å². The Kier molecular flexibility index (Phi) is 5.53. The van der Waals surface area contributed by atoms with Crippen molar-refractivity contribution in [3.05, 3.63) is 28.8 Å². The molecule has 4 nitrogen and oxygen atoms in total. The van der Waals surface area contributed by atoms with Crippen LogP contribution in [0, 0.1) is 11.7 Å². The highest BCUT2D eigenvalue weighted by Crippen LogP contribution is 2.17. The van der Waals surface area contributed by atoms with E-state index in [0.29, 0.717) is 19.0 Å². The van der Waals surface area contributed by atoms with E-state index in [9.17, 15) is 9.18 Å². The van der Waals surface area contributed by atoms with Crippen molar-refractivity contribution in [2.24, 2.45) is 5.92 Å². The van der Waals surface area contributed by atoms with Gasteiger partial charge < -0.3 is 4.90 Å². The summed E-state index contributed by atoms with van der Waals surface area (Å²) in [6.45, 7) is 8.45. The summed E-state index contributed by atoms with van der Waals surface area (Å²) in [6, 6.07) is 1.16. The van der Waals surface area contributed by atoms with Crippen molar-refractivity contribution in [1.29, 1.82) is 0 Å². The number of piperazine rings is 1. The van der Waals surface area contributed by atoms with Crippen LogP contribution in [0.3, 0.4) is 0 Å². The van der Waals surface area contributed by atoms with Crippen LogP contribution in [-0.2, 0) is 0 Å². The van der Waals surface area contributed by atoms with Crippen molar-refractivity contribution in [3.63, 3.8) is 0 Å². The Balaban J connectivity index is 1.92. The number of hydrogen-bond donors (Lipinski definition) is 0. The summed E-state index contributed by atoms with van der Waals surface area (Å²) in [5.74, 6) is -0.101. The predicted molar refractivity (Wildman–Crippen MR) is 81.0 cm³/mol. The van der Waals surface area contributed by atoms with Gasteiger partial charge in [0, 0.05) is 26.2 Å². The average Bonchev–Trinajstić information content (AvgIpc) is 2.47. The van der Waals surface area contributed by atoms with Crippen molar-refractivity contribution in [2.45, 2.75) is 20.3 Å². The fraction of sp³-hybridized carbons (Fsp3) is 0.600. The van der Waals surface area contributed by atoms with Crippen LogP contribution in [0.25, 0.3) is 0 Å². The Hall–Kier alpha value is -1.20. The first-order valence-corrected chi connectivity index (χ1v) is 7.68. The monoisotopic (exact) mass is 313 g/mol. The quantitative estimate of drug-likeness (QED) is 0.802. The molecule has 1 amide bonds. The third-order valence-corrected chi connectivity index (χ3v) is 4.02. The van der Waals surface area contributed by atoms with Gasteiger partial charge in [-0.1, -0.05) is 25.4 Å². The highest BCUT2D eigenvalue weighted by Gasteiger charge is 2.24. The van der Waals surface area contributed by atoms with Gasteiger partial charge in [-0.15, -0.1) is 0 Å². The van der Waals surface area contributed by atoms with Gasteiger partial charge in [0.25, 0.3) is 5.91 Å². The van der Waals surface area contributed by atoms with Gasteiger partial charge in [-0.25, -0.2) is 9.37 Å². The number of amides is 1. The van der Waals surface area contributed by atoms with Crippen molar-refractivity contribution in [3.8, 4) is 0 Å². The highest BCUT2D eigenvalue weighted by molar-refractivity contribution is 6.32. The lowest BCUT2D eigenvalue weighted by molar-refractivity contribution is 0.0631. The minimum absolute atomic E-state index is 0.0589. The number of halogens is 2. The second-order valence-electron chi connectivity index (χ2n) is 5.81. The number of carbonyl (C=O) groups is 1. The summed E-state index contributed by atoms with van der Waals surface area (Å²) >= 11 is 5.89.